The van der Waals surface area contributed by atoms with E-state index >= 15 is 0 Å². The van der Waals surface area contributed by atoms with Gasteiger partial charge in [0.05, 0.1) is 0 Å². The lowest BCUT2D eigenvalue weighted by Gasteiger charge is -2.31. The van der Waals surface area contributed by atoms with Crippen LogP contribution in [0.2, 0.25) is 0 Å². The van der Waals surface area contributed by atoms with Crippen molar-refractivity contribution in [3.63, 3.8) is 0 Å². The van der Waals surface area contributed by atoms with Crippen LogP contribution in [0.4, 0.5) is 0 Å². The summed E-state index contributed by atoms with van der Waals surface area (Å²) in [6.07, 6.45) is 6.83. The lowest BCUT2D eigenvalue weighted by atomic mass is 9.79. The van der Waals surface area contributed by atoms with Gasteiger partial charge in [-0.2, -0.15) is 0 Å². The Bertz CT molecular complexity index is 205. The Morgan fingerprint density at radius 3 is 2.40 bits per heavy atom. The van der Waals surface area contributed by atoms with Gasteiger partial charge in [0.15, 0.2) is 0 Å². The van der Waals surface area contributed by atoms with E-state index in [0.29, 0.717) is 6.42 Å². The summed E-state index contributed by atoms with van der Waals surface area (Å²) in [5.74, 6) is -0.607. The van der Waals surface area contributed by atoms with Gasteiger partial charge >= 0.3 is 5.97 Å². The van der Waals surface area contributed by atoms with Crippen molar-refractivity contribution in [3.8, 4) is 0 Å². The van der Waals surface area contributed by atoms with E-state index in [9.17, 15) is 9.90 Å². The van der Waals surface area contributed by atoms with Crippen LogP contribution in [0.3, 0.4) is 0 Å². The van der Waals surface area contributed by atoms with Crippen molar-refractivity contribution in [2.45, 2.75) is 57.4 Å². The molecule has 3 nitrogen and oxygen atoms in total. The highest BCUT2D eigenvalue weighted by molar-refractivity contribution is 5.85. The molecule has 0 aromatic carbocycles. The fourth-order valence-corrected chi connectivity index (χ4v) is 2.40. The smallest absolute Gasteiger partial charge is 0.323 e. The molecule has 1 rings (SSSR count). The molecule has 0 bridgehead atoms. The molecule has 0 spiro atoms. The molecular formula is C11H22ClNO2. The molecule has 0 heterocycles. The first-order valence-corrected chi connectivity index (χ1v) is 5.63. The lowest BCUT2D eigenvalue weighted by Crippen LogP contribution is -2.53. The van der Waals surface area contributed by atoms with Crippen LogP contribution in [0, 0.1) is 5.92 Å². The van der Waals surface area contributed by atoms with Gasteiger partial charge in [0.1, 0.15) is 5.54 Å². The zero-order chi connectivity index (χ0) is 10.6. The second kappa shape index (κ2) is 6.33. The molecule has 0 aromatic heterocycles. The van der Waals surface area contributed by atoms with Gasteiger partial charge in [-0.15, -0.1) is 12.4 Å². The highest BCUT2D eigenvalue weighted by Gasteiger charge is 2.42. The molecule has 15 heavy (non-hydrogen) atoms. The molecule has 0 aromatic rings. The number of carboxylic acid groups (broad SMARTS) is 1. The fraction of sp³-hybridized carbons (Fsp3) is 0.909. The van der Waals surface area contributed by atoms with Crippen LogP contribution in [0.5, 0.6) is 0 Å². The minimum Gasteiger partial charge on any atom is -0.480 e. The zero-order valence-corrected chi connectivity index (χ0v) is 10.2. The Balaban J connectivity index is 0.00000196. The summed E-state index contributed by atoms with van der Waals surface area (Å²) in [5, 5.41) is 9.19. The van der Waals surface area contributed by atoms with Crippen molar-refractivity contribution in [2.75, 3.05) is 0 Å². The number of carboxylic acids is 1. The van der Waals surface area contributed by atoms with E-state index in [-0.39, 0.29) is 18.3 Å². The van der Waals surface area contributed by atoms with Gasteiger partial charge in [0.2, 0.25) is 0 Å². The van der Waals surface area contributed by atoms with Crippen molar-refractivity contribution >= 4 is 18.4 Å². The third-order valence-electron chi connectivity index (χ3n) is 3.43. The Morgan fingerprint density at radius 2 is 2.00 bits per heavy atom. The summed E-state index contributed by atoms with van der Waals surface area (Å²) in [5.41, 5.74) is 5.08. The Hall–Kier alpha value is -0.280. The number of aliphatic carboxylic acids is 1. The number of unbranched alkanes of at least 4 members (excludes halogenated alkanes) is 1. The maximum absolute atomic E-state index is 11.2. The lowest BCUT2D eigenvalue weighted by molar-refractivity contribution is -0.146. The summed E-state index contributed by atoms with van der Waals surface area (Å²) in [6, 6.07) is 0. The Morgan fingerprint density at radius 1 is 1.47 bits per heavy atom. The van der Waals surface area contributed by atoms with Gasteiger partial charge in [-0.3, -0.25) is 4.79 Å². The average Bonchev–Trinajstić information content (AvgIpc) is 2.66. The maximum atomic E-state index is 11.2. The summed E-state index contributed by atoms with van der Waals surface area (Å²) in [7, 11) is 0. The van der Waals surface area contributed by atoms with Crippen LogP contribution >= 0.6 is 12.4 Å². The minimum absolute atomic E-state index is 0. The van der Waals surface area contributed by atoms with E-state index < -0.39 is 11.5 Å². The van der Waals surface area contributed by atoms with E-state index in [2.05, 4.69) is 6.92 Å². The quantitative estimate of drug-likeness (QED) is 0.770. The SMILES string of the molecule is CCCC[C@](N)(C(=O)O)C1CCCC1.Cl. The van der Waals surface area contributed by atoms with Crippen LogP contribution in [0.15, 0.2) is 0 Å². The molecular weight excluding hydrogens is 214 g/mol. The molecule has 1 aliphatic carbocycles. The second-order valence-electron chi connectivity index (χ2n) is 4.43. The number of halogens is 1. The monoisotopic (exact) mass is 235 g/mol. The Kier molecular flexibility index (Phi) is 6.22. The van der Waals surface area contributed by atoms with Gasteiger partial charge in [-0.1, -0.05) is 32.6 Å². The van der Waals surface area contributed by atoms with Crippen molar-refractivity contribution < 1.29 is 9.90 Å². The number of rotatable bonds is 5. The largest absolute Gasteiger partial charge is 0.480 e. The fourth-order valence-electron chi connectivity index (χ4n) is 2.40. The molecule has 90 valence electrons. The van der Waals surface area contributed by atoms with Crippen LogP contribution in [0.25, 0.3) is 0 Å². The number of hydrogen-bond acceptors (Lipinski definition) is 2. The van der Waals surface area contributed by atoms with Crippen molar-refractivity contribution in [2.24, 2.45) is 11.7 Å². The zero-order valence-electron chi connectivity index (χ0n) is 9.37. The van der Waals surface area contributed by atoms with Gasteiger partial charge < -0.3 is 10.8 Å². The summed E-state index contributed by atoms with van der Waals surface area (Å²) < 4.78 is 0. The van der Waals surface area contributed by atoms with Gasteiger partial charge in [-0.05, 0) is 25.2 Å². The topological polar surface area (TPSA) is 63.3 Å². The van der Waals surface area contributed by atoms with Crippen molar-refractivity contribution in [1.82, 2.24) is 0 Å². The Labute approximate surface area is 97.8 Å². The second-order valence-corrected chi connectivity index (χ2v) is 4.43. The van der Waals surface area contributed by atoms with Crippen LogP contribution in [-0.2, 0) is 4.79 Å². The van der Waals surface area contributed by atoms with Crippen LogP contribution in [-0.4, -0.2) is 16.6 Å². The van der Waals surface area contributed by atoms with E-state index in [1.807, 2.05) is 0 Å². The van der Waals surface area contributed by atoms with Gasteiger partial charge in [0.25, 0.3) is 0 Å². The van der Waals surface area contributed by atoms with Crippen LogP contribution in [0.1, 0.15) is 51.9 Å². The molecule has 0 saturated heterocycles. The molecule has 1 saturated carbocycles. The van der Waals surface area contributed by atoms with Crippen molar-refractivity contribution in [1.29, 1.82) is 0 Å². The first-order valence-electron chi connectivity index (χ1n) is 5.63. The molecule has 0 aliphatic heterocycles. The summed E-state index contributed by atoms with van der Waals surface area (Å²) >= 11 is 0. The van der Waals surface area contributed by atoms with Crippen molar-refractivity contribution in [3.05, 3.63) is 0 Å². The first-order chi connectivity index (χ1) is 6.61. The molecule has 4 heteroatoms. The van der Waals surface area contributed by atoms with E-state index in [1.54, 1.807) is 0 Å². The van der Waals surface area contributed by atoms with E-state index in [1.165, 1.54) is 0 Å². The standard InChI is InChI=1S/C11H21NO2.ClH/c1-2-3-8-11(12,10(13)14)9-6-4-5-7-9;/h9H,2-8,12H2,1H3,(H,13,14);1H/t11-;/m1./s1. The molecule has 1 atom stereocenters. The van der Waals surface area contributed by atoms with E-state index in [4.69, 9.17) is 5.73 Å². The molecule has 0 radical (unpaired) electrons. The minimum atomic E-state index is -0.952. The third kappa shape index (κ3) is 3.35. The predicted molar refractivity (Wildman–Crippen MR) is 63.3 cm³/mol. The third-order valence-corrected chi connectivity index (χ3v) is 3.43. The van der Waals surface area contributed by atoms with E-state index in [0.717, 1.165) is 38.5 Å². The molecule has 0 unspecified atom stereocenters. The number of carbonyl (C=O) groups is 1. The first kappa shape index (κ1) is 14.7. The molecule has 1 aliphatic rings. The van der Waals surface area contributed by atoms with Gasteiger partial charge in [0, 0.05) is 0 Å². The number of hydrogen-bond donors (Lipinski definition) is 2. The molecule has 0 amide bonds. The summed E-state index contributed by atoms with van der Waals surface area (Å²) in [4.78, 5) is 11.2. The highest BCUT2D eigenvalue weighted by Crippen LogP contribution is 2.35. The molecule has 1 fully saturated rings. The highest BCUT2D eigenvalue weighted by atomic mass is 35.5. The number of nitrogens with two attached hydrogens (primary N) is 1. The normalized spacial score (nSPS) is 20.7. The predicted octanol–water partition coefficient (Wildman–Crippen LogP) is 2.57. The maximum Gasteiger partial charge on any atom is 0.323 e. The van der Waals surface area contributed by atoms with Gasteiger partial charge in [-0.25, -0.2) is 0 Å². The summed E-state index contributed by atoms with van der Waals surface area (Å²) in [6.45, 7) is 2.07. The van der Waals surface area contributed by atoms with Crippen LogP contribution < -0.4 is 5.73 Å². The molecule has 3 N–H and O–H groups in total. The average molecular weight is 236 g/mol.